The minimum absolute atomic E-state index is 0.0841. The van der Waals surface area contributed by atoms with Crippen LogP contribution in [-0.2, 0) is 14.3 Å². The molecule has 0 aliphatic carbocycles. The van der Waals surface area contributed by atoms with Gasteiger partial charge in [0, 0.05) is 18.6 Å². The van der Waals surface area contributed by atoms with Crippen LogP contribution in [0.1, 0.15) is 40.0 Å². The highest BCUT2D eigenvalue weighted by molar-refractivity contribution is 5.80. The Morgan fingerprint density at radius 2 is 1.90 bits per heavy atom. The summed E-state index contributed by atoms with van der Waals surface area (Å²) in [5.41, 5.74) is 0. The number of likely N-dealkylation sites (tertiary alicyclic amines) is 1. The molecule has 0 aromatic carbocycles. The topological polar surface area (TPSA) is 49.9 Å². The highest BCUT2D eigenvalue weighted by Gasteiger charge is 2.29. The van der Waals surface area contributed by atoms with Crippen molar-refractivity contribution in [1.29, 1.82) is 0 Å². The predicted molar refractivity (Wildman–Crippen MR) is 82.9 cm³/mol. The van der Waals surface area contributed by atoms with E-state index in [1.807, 2.05) is 4.90 Å². The molecule has 2 atom stereocenters. The molecular formula is C16H28N2O3. The van der Waals surface area contributed by atoms with E-state index in [2.05, 4.69) is 20.4 Å². The van der Waals surface area contributed by atoms with Gasteiger partial charge in [0.15, 0.2) is 0 Å². The molecule has 0 aromatic heterocycles. The summed E-state index contributed by atoms with van der Waals surface area (Å²) in [6.45, 7) is 10.9. The minimum atomic E-state index is -0.299. The number of carbonyl (C=O) groups excluding carboxylic acids is 2. The second-order valence-corrected chi connectivity index (χ2v) is 5.69. The van der Waals surface area contributed by atoms with E-state index < -0.39 is 0 Å². The quantitative estimate of drug-likeness (QED) is 0.531. The van der Waals surface area contributed by atoms with Gasteiger partial charge < -0.3 is 9.64 Å². The smallest absolute Gasteiger partial charge is 0.320 e. The fourth-order valence-corrected chi connectivity index (χ4v) is 2.94. The number of amides is 1. The van der Waals surface area contributed by atoms with Gasteiger partial charge in [0.05, 0.1) is 19.7 Å². The molecule has 1 rings (SSSR count). The van der Waals surface area contributed by atoms with Crippen LogP contribution in [0.2, 0.25) is 0 Å². The summed E-state index contributed by atoms with van der Waals surface area (Å²) in [5.74, 6) is -0.215. The number of piperidine rings is 1. The van der Waals surface area contributed by atoms with Gasteiger partial charge in [0.25, 0.3) is 0 Å². The van der Waals surface area contributed by atoms with E-state index in [1.165, 1.54) is 6.42 Å². The van der Waals surface area contributed by atoms with Gasteiger partial charge in [-0.3, -0.25) is 14.5 Å². The van der Waals surface area contributed by atoms with E-state index in [0.717, 1.165) is 12.8 Å². The normalized spacial score (nSPS) is 22.2. The first kappa shape index (κ1) is 17.7. The number of hydrogen-bond donors (Lipinski definition) is 0. The van der Waals surface area contributed by atoms with E-state index in [0.29, 0.717) is 13.2 Å². The Morgan fingerprint density at radius 3 is 2.43 bits per heavy atom. The van der Waals surface area contributed by atoms with Crippen LogP contribution in [0.5, 0.6) is 0 Å². The van der Waals surface area contributed by atoms with Gasteiger partial charge >= 0.3 is 5.97 Å². The Kier molecular flexibility index (Phi) is 7.43. The number of esters is 1. The molecule has 1 aliphatic rings. The number of ether oxygens (including phenoxy) is 1. The summed E-state index contributed by atoms with van der Waals surface area (Å²) in [5, 5.41) is 0. The first-order valence-corrected chi connectivity index (χ1v) is 7.79. The first-order valence-electron chi connectivity index (χ1n) is 7.79. The molecule has 5 heteroatoms. The maximum atomic E-state index is 12.5. The molecule has 1 heterocycles. The van der Waals surface area contributed by atoms with E-state index in [-0.39, 0.29) is 37.0 Å². The fourth-order valence-electron chi connectivity index (χ4n) is 2.94. The van der Waals surface area contributed by atoms with Gasteiger partial charge in [-0.1, -0.05) is 6.08 Å². The van der Waals surface area contributed by atoms with Crippen LogP contribution in [0.4, 0.5) is 0 Å². The molecular weight excluding hydrogens is 268 g/mol. The van der Waals surface area contributed by atoms with Crippen LogP contribution < -0.4 is 0 Å². The Bertz CT molecular complexity index is 361. The third-order valence-corrected chi connectivity index (χ3v) is 3.89. The molecule has 1 aliphatic heterocycles. The Hall–Kier alpha value is -1.36. The van der Waals surface area contributed by atoms with Crippen LogP contribution >= 0.6 is 0 Å². The molecule has 0 aromatic rings. The second kappa shape index (κ2) is 8.82. The lowest BCUT2D eigenvalue weighted by Gasteiger charge is -2.40. The highest BCUT2D eigenvalue weighted by Crippen LogP contribution is 2.22. The molecule has 1 saturated heterocycles. The molecule has 120 valence electrons. The predicted octanol–water partition coefficient (Wildman–Crippen LogP) is 1.83. The molecule has 1 fully saturated rings. The van der Waals surface area contributed by atoms with Crippen molar-refractivity contribution in [2.75, 3.05) is 26.2 Å². The standard InChI is InChI=1S/C16H28N2O3/c1-5-10-17(12-16(20)21-6-2)11-15(19)18-13(3)8-7-9-14(18)4/h5,13-14H,1,6-12H2,2-4H3. The van der Waals surface area contributed by atoms with E-state index in [4.69, 9.17) is 4.74 Å². The Morgan fingerprint density at radius 1 is 1.29 bits per heavy atom. The minimum Gasteiger partial charge on any atom is -0.465 e. The fraction of sp³-hybridized carbons (Fsp3) is 0.750. The Balaban J connectivity index is 2.62. The summed E-state index contributed by atoms with van der Waals surface area (Å²) < 4.78 is 4.95. The van der Waals surface area contributed by atoms with Gasteiger partial charge in [-0.25, -0.2) is 0 Å². The van der Waals surface area contributed by atoms with Gasteiger partial charge in [-0.05, 0) is 40.0 Å². The second-order valence-electron chi connectivity index (χ2n) is 5.69. The SMILES string of the molecule is C=CCN(CC(=O)OCC)CC(=O)N1C(C)CCCC1C. The largest absolute Gasteiger partial charge is 0.465 e. The van der Waals surface area contributed by atoms with Crippen molar-refractivity contribution in [3.63, 3.8) is 0 Å². The first-order chi connectivity index (χ1) is 9.99. The number of hydrogen-bond acceptors (Lipinski definition) is 4. The van der Waals surface area contributed by atoms with Crippen molar-refractivity contribution < 1.29 is 14.3 Å². The average molecular weight is 296 g/mol. The number of nitrogens with zero attached hydrogens (tertiary/aromatic N) is 2. The monoisotopic (exact) mass is 296 g/mol. The van der Waals surface area contributed by atoms with E-state index in [1.54, 1.807) is 17.9 Å². The van der Waals surface area contributed by atoms with Crippen molar-refractivity contribution >= 4 is 11.9 Å². The molecule has 0 saturated carbocycles. The van der Waals surface area contributed by atoms with Gasteiger partial charge in [-0.2, -0.15) is 0 Å². The van der Waals surface area contributed by atoms with Gasteiger partial charge in [0.1, 0.15) is 0 Å². The molecule has 0 bridgehead atoms. The van der Waals surface area contributed by atoms with E-state index >= 15 is 0 Å². The molecule has 5 nitrogen and oxygen atoms in total. The third kappa shape index (κ3) is 5.50. The molecule has 0 radical (unpaired) electrons. The zero-order valence-electron chi connectivity index (χ0n) is 13.5. The summed E-state index contributed by atoms with van der Waals surface area (Å²) in [6.07, 6.45) is 4.98. The molecule has 0 spiro atoms. The zero-order valence-corrected chi connectivity index (χ0v) is 13.5. The van der Waals surface area contributed by atoms with Crippen LogP contribution in [0.3, 0.4) is 0 Å². The summed E-state index contributed by atoms with van der Waals surface area (Å²) in [4.78, 5) is 27.9. The lowest BCUT2D eigenvalue weighted by molar-refractivity contribution is -0.145. The van der Waals surface area contributed by atoms with Crippen LogP contribution in [0, 0.1) is 0 Å². The third-order valence-electron chi connectivity index (χ3n) is 3.89. The number of rotatable bonds is 7. The maximum absolute atomic E-state index is 12.5. The Labute approximate surface area is 127 Å². The summed E-state index contributed by atoms with van der Waals surface area (Å²) >= 11 is 0. The average Bonchev–Trinajstić information content (AvgIpc) is 2.38. The maximum Gasteiger partial charge on any atom is 0.320 e. The highest BCUT2D eigenvalue weighted by atomic mass is 16.5. The molecule has 21 heavy (non-hydrogen) atoms. The summed E-state index contributed by atoms with van der Waals surface area (Å²) in [7, 11) is 0. The van der Waals surface area contributed by atoms with Gasteiger partial charge in [-0.15, -0.1) is 6.58 Å². The van der Waals surface area contributed by atoms with Crippen molar-refractivity contribution in [2.45, 2.75) is 52.1 Å². The lowest BCUT2D eigenvalue weighted by atomic mass is 9.97. The van der Waals surface area contributed by atoms with Crippen LogP contribution in [-0.4, -0.2) is 60.0 Å². The summed E-state index contributed by atoms with van der Waals surface area (Å²) in [6, 6.07) is 0.545. The molecule has 2 unspecified atom stereocenters. The lowest BCUT2D eigenvalue weighted by Crippen LogP contribution is -2.51. The van der Waals surface area contributed by atoms with Crippen molar-refractivity contribution in [2.24, 2.45) is 0 Å². The molecule has 1 amide bonds. The van der Waals surface area contributed by atoms with Crippen molar-refractivity contribution in [3.05, 3.63) is 12.7 Å². The van der Waals surface area contributed by atoms with Gasteiger partial charge in [0.2, 0.25) is 5.91 Å². The van der Waals surface area contributed by atoms with Crippen molar-refractivity contribution in [1.82, 2.24) is 9.80 Å². The van der Waals surface area contributed by atoms with Crippen LogP contribution in [0.15, 0.2) is 12.7 Å². The van der Waals surface area contributed by atoms with Crippen molar-refractivity contribution in [3.8, 4) is 0 Å². The van der Waals surface area contributed by atoms with E-state index in [9.17, 15) is 9.59 Å². The number of carbonyl (C=O) groups is 2. The zero-order chi connectivity index (χ0) is 15.8. The van der Waals surface area contributed by atoms with Crippen LogP contribution in [0.25, 0.3) is 0 Å². The molecule has 0 N–H and O–H groups in total.